The molecule has 1 N–H and O–H groups in total. The Balaban J connectivity index is 2.07. The first kappa shape index (κ1) is 15.2. The molecule has 2 unspecified atom stereocenters. The van der Waals surface area contributed by atoms with Crippen molar-refractivity contribution in [3.63, 3.8) is 0 Å². The Hall–Kier alpha value is -1.72. The molecular formula is C17H24N4O. The monoisotopic (exact) mass is 300 g/mol. The lowest BCUT2D eigenvalue weighted by molar-refractivity contribution is 0.136. The van der Waals surface area contributed by atoms with E-state index < -0.39 is 0 Å². The van der Waals surface area contributed by atoms with Gasteiger partial charge < -0.3 is 5.32 Å². The number of nitrogens with one attached hydrogen (secondary N) is 1. The highest BCUT2D eigenvalue weighted by Crippen LogP contribution is 2.24. The van der Waals surface area contributed by atoms with Gasteiger partial charge in [-0.1, -0.05) is 19.1 Å². The van der Waals surface area contributed by atoms with E-state index in [2.05, 4.69) is 24.1 Å². The van der Waals surface area contributed by atoms with E-state index in [1.54, 1.807) is 4.57 Å². The summed E-state index contributed by atoms with van der Waals surface area (Å²) in [4.78, 5) is 19.9. The average Bonchev–Trinajstić information content (AvgIpc) is 2.53. The predicted octanol–water partition coefficient (Wildman–Crippen LogP) is 1.68. The van der Waals surface area contributed by atoms with E-state index in [4.69, 9.17) is 4.98 Å². The number of fused-ring (bicyclic) bond motifs is 1. The lowest BCUT2D eigenvalue weighted by atomic mass is 10.1. The third-order valence-electron chi connectivity index (χ3n) is 4.54. The van der Waals surface area contributed by atoms with Crippen LogP contribution in [0.5, 0.6) is 0 Å². The number of hydrogen-bond donors (Lipinski definition) is 1. The molecule has 3 rings (SSSR count). The maximum Gasteiger partial charge on any atom is 0.261 e. The van der Waals surface area contributed by atoms with Crippen molar-refractivity contribution in [3.05, 3.63) is 40.4 Å². The lowest BCUT2D eigenvalue weighted by Crippen LogP contribution is -2.51. The Morgan fingerprint density at radius 1 is 1.41 bits per heavy atom. The summed E-state index contributed by atoms with van der Waals surface area (Å²) in [5.74, 6) is 0.875. The molecule has 5 nitrogen and oxygen atoms in total. The molecule has 0 radical (unpaired) electrons. The first-order valence-corrected chi connectivity index (χ1v) is 8.05. The minimum Gasteiger partial charge on any atom is -0.312 e. The van der Waals surface area contributed by atoms with Crippen molar-refractivity contribution >= 4 is 10.9 Å². The quantitative estimate of drug-likeness (QED) is 0.937. The second kappa shape index (κ2) is 6.18. The highest BCUT2D eigenvalue weighted by molar-refractivity contribution is 5.77. The summed E-state index contributed by atoms with van der Waals surface area (Å²) in [6, 6.07) is 8.26. The third-order valence-corrected chi connectivity index (χ3v) is 4.54. The van der Waals surface area contributed by atoms with Crippen LogP contribution in [0.2, 0.25) is 0 Å². The van der Waals surface area contributed by atoms with Crippen LogP contribution in [0.25, 0.3) is 10.9 Å². The second-order valence-electron chi connectivity index (χ2n) is 6.13. The van der Waals surface area contributed by atoms with Gasteiger partial charge in [-0.2, -0.15) is 0 Å². The first-order valence-electron chi connectivity index (χ1n) is 8.05. The van der Waals surface area contributed by atoms with Crippen LogP contribution in [0.3, 0.4) is 0 Å². The largest absolute Gasteiger partial charge is 0.312 e. The fourth-order valence-corrected chi connectivity index (χ4v) is 3.38. The van der Waals surface area contributed by atoms with Crippen LogP contribution in [0, 0.1) is 0 Å². The summed E-state index contributed by atoms with van der Waals surface area (Å²) in [7, 11) is 1.84. The van der Waals surface area contributed by atoms with E-state index in [1.807, 2.05) is 31.3 Å². The number of rotatable bonds is 3. The zero-order valence-corrected chi connectivity index (χ0v) is 13.5. The van der Waals surface area contributed by atoms with Gasteiger partial charge in [0.05, 0.1) is 16.9 Å². The molecule has 0 saturated carbocycles. The van der Waals surface area contributed by atoms with Crippen molar-refractivity contribution in [3.8, 4) is 0 Å². The Bertz CT molecular complexity index is 724. The minimum absolute atomic E-state index is 0.0437. The van der Waals surface area contributed by atoms with Crippen molar-refractivity contribution in [2.75, 3.05) is 19.6 Å². The molecule has 0 bridgehead atoms. The van der Waals surface area contributed by atoms with E-state index in [0.29, 0.717) is 11.4 Å². The van der Waals surface area contributed by atoms with Gasteiger partial charge in [-0.25, -0.2) is 4.98 Å². The maximum atomic E-state index is 12.6. The van der Waals surface area contributed by atoms with E-state index in [0.717, 1.165) is 37.4 Å². The summed E-state index contributed by atoms with van der Waals surface area (Å²) in [5.41, 5.74) is 0.837. The number of hydrogen-bond acceptors (Lipinski definition) is 4. The number of para-hydroxylation sites is 1. The molecular weight excluding hydrogens is 276 g/mol. The number of piperazine rings is 1. The van der Waals surface area contributed by atoms with E-state index in [-0.39, 0.29) is 11.6 Å². The summed E-state index contributed by atoms with van der Waals surface area (Å²) in [6.45, 7) is 7.33. The molecule has 22 heavy (non-hydrogen) atoms. The number of benzene rings is 1. The SMILES string of the molecule is CCC(c1nc2ccccc2c(=O)n1C)N1CCNC(C)C1. The highest BCUT2D eigenvalue weighted by atomic mass is 16.1. The molecule has 2 atom stereocenters. The van der Waals surface area contributed by atoms with Crippen molar-refractivity contribution in [2.24, 2.45) is 7.05 Å². The molecule has 1 fully saturated rings. The maximum absolute atomic E-state index is 12.6. The van der Waals surface area contributed by atoms with Gasteiger partial charge in [0.2, 0.25) is 0 Å². The van der Waals surface area contributed by atoms with Gasteiger partial charge in [0.1, 0.15) is 5.82 Å². The first-order chi connectivity index (χ1) is 10.6. The van der Waals surface area contributed by atoms with Crippen molar-refractivity contribution in [2.45, 2.75) is 32.4 Å². The number of aromatic nitrogens is 2. The van der Waals surface area contributed by atoms with E-state index in [1.165, 1.54) is 0 Å². The van der Waals surface area contributed by atoms with Crippen LogP contribution >= 0.6 is 0 Å². The summed E-state index contributed by atoms with van der Waals surface area (Å²) < 4.78 is 1.73. The van der Waals surface area contributed by atoms with E-state index >= 15 is 0 Å². The normalized spacial score (nSPS) is 21.1. The molecule has 1 aromatic carbocycles. The van der Waals surface area contributed by atoms with Gasteiger partial charge in [0.25, 0.3) is 5.56 Å². The molecule has 2 heterocycles. The summed E-state index contributed by atoms with van der Waals surface area (Å²) in [6.07, 6.45) is 0.950. The summed E-state index contributed by atoms with van der Waals surface area (Å²) >= 11 is 0. The molecule has 1 aliphatic heterocycles. The van der Waals surface area contributed by atoms with Gasteiger partial charge in [0.15, 0.2) is 0 Å². The zero-order valence-electron chi connectivity index (χ0n) is 13.5. The Labute approximate surface area is 131 Å². The van der Waals surface area contributed by atoms with Crippen molar-refractivity contribution in [1.29, 1.82) is 0 Å². The molecule has 1 saturated heterocycles. The molecule has 118 valence electrons. The molecule has 0 amide bonds. The summed E-state index contributed by atoms with van der Waals surface area (Å²) in [5, 5.41) is 4.16. The molecule has 1 aromatic heterocycles. The molecule has 2 aromatic rings. The Morgan fingerprint density at radius 3 is 2.91 bits per heavy atom. The third kappa shape index (κ3) is 2.66. The average molecular weight is 300 g/mol. The Morgan fingerprint density at radius 2 is 2.18 bits per heavy atom. The zero-order chi connectivity index (χ0) is 15.7. The van der Waals surface area contributed by atoms with Crippen LogP contribution < -0.4 is 10.9 Å². The molecule has 1 aliphatic rings. The van der Waals surface area contributed by atoms with Gasteiger partial charge >= 0.3 is 0 Å². The fraction of sp³-hybridized carbons (Fsp3) is 0.529. The van der Waals surface area contributed by atoms with Crippen LogP contribution in [0.4, 0.5) is 0 Å². The second-order valence-corrected chi connectivity index (χ2v) is 6.13. The standard InChI is InChI=1S/C17H24N4O/c1-4-15(21-10-9-18-12(2)11-21)16-19-14-8-6-5-7-13(14)17(22)20(16)3/h5-8,12,15,18H,4,9-11H2,1-3H3. The van der Waals surface area contributed by atoms with Crippen LogP contribution in [-0.2, 0) is 7.05 Å². The van der Waals surface area contributed by atoms with Gasteiger partial charge in [-0.15, -0.1) is 0 Å². The van der Waals surface area contributed by atoms with Gasteiger partial charge in [-0.3, -0.25) is 14.3 Å². The molecule has 5 heteroatoms. The fourth-order valence-electron chi connectivity index (χ4n) is 3.38. The van der Waals surface area contributed by atoms with Crippen LogP contribution in [0.15, 0.2) is 29.1 Å². The topological polar surface area (TPSA) is 50.2 Å². The molecule has 0 aliphatic carbocycles. The smallest absolute Gasteiger partial charge is 0.261 e. The van der Waals surface area contributed by atoms with Crippen LogP contribution in [0.1, 0.15) is 32.1 Å². The van der Waals surface area contributed by atoms with Gasteiger partial charge in [-0.05, 0) is 25.5 Å². The number of nitrogens with zero attached hydrogens (tertiary/aromatic N) is 3. The highest BCUT2D eigenvalue weighted by Gasteiger charge is 2.26. The van der Waals surface area contributed by atoms with Gasteiger partial charge in [0, 0.05) is 32.7 Å². The van der Waals surface area contributed by atoms with Crippen molar-refractivity contribution < 1.29 is 0 Å². The lowest BCUT2D eigenvalue weighted by Gasteiger charge is -2.37. The molecule has 0 spiro atoms. The predicted molar refractivity (Wildman–Crippen MR) is 89.1 cm³/mol. The van der Waals surface area contributed by atoms with Crippen molar-refractivity contribution in [1.82, 2.24) is 19.8 Å². The minimum atomic E-state index is 0.0437. The Kier molecular flexibility index (Phi) is 4.27. The van der Waals surface area contributed by atoms with Crippen LogP contribution in [-0.4, -0.2) is 40.1 Å². The van der Waals surface area contributed by atoms with E-state index in [9.17, 15) is 4.79 Å².